The average molecular weight is 468 g/mol. The molecule has 34 heavy (non-hydrogen) atoms. The lowest BCUT2D eigenvalue weighted by Crippen LogP contribution is -2.22. The van der Waals surface area contributed by atoms with Crippen LogP contribution in [0.25, 0.3) is 16.6 Å². The third-order valence-electron chi connectivity index (χ3n) is 5.44. The van der Waals surface area contributed by atoms with E-state index in [4.69, 9.17) is 0 Å². The topological polar surface area (TPSA) is 81.8 Å². The molecule has 0 bridgehead atoms. The van der Waals surface area contributed by atoms with Crippen LogP contribution in [0.2, 0.25) is 0 Å². The summed E-state index contributed by atoms with van der Waals surface area (Å²) in [5, 5.41) is 4.37. The number of anilines is 1. The molecule has 168 valence electrons. The fourth-order valence-corrected chi connectivity index (χ4v) is 4.60. The number of para-hydroxylation sites is 2. The Bertz CT molecular complexity index is 1570. The van der Waals surface area contributed by atoms with Gasteiger partial charge in [-0.1, -0.05) is 24.3 Å². The van der Waals surface area contributed by atoms with Gasteiger partial charge in [-0.05, 0) is 67.2 Å². The van der Waals surface area contributed by atoms with Gasteiger partial charge < -0.3 is 9.88 Å². The van der Waals surface area contributed by atoms with E-state index in [2.05, 4.69) is 15.3 Å². The molecule has 1 N–H and O–H groups in total. The van der Waals surface area contributed by atoms with E-state index >= 15 is 0 Å². The van der Waals surface area contributed by atoms with Crippen LogP contribution < -0.4 is 10.9 Å². The summed E-state index contributed by atoms with van der Waals surface area (Å²) >= 11 is 1.48. The number of benzene rings is 3. The van der Waals surface area contributed by atoms with Crippen molar-refractivity contribution in [2.75, 3.05) is 5.32 Å². The highest BCUT2D eigenvalue weighted by Gasteiger charge is 2.13. The molecule has 7 nitrogen and oxygen atoms in total. The van der Waals surface area contributed by atoms with Crippen molar-refractivity contribution >= 4 is 34.3 Å². The van der Waals surface area contributed by atoms with Crippen LogP contribution in [0, 0.1) is 6.92 Å². The van der Waals surface area contributed by atoms with Crippen LogP contribution >= 0.6 is 11.8 Å². The maximum Gasteiger partial charge on any atom is 0.265 e. The molecule has 2 aromatic heterocycles. The van der Waals surface area contributed by atoms with Gasteiger partial charge in [0.2, 0.25) is 0 Å². The number of amides is 1. The maximum atomic E-state index is 13.0. The number of nitrogens with zero attached hydrogens (tertiary/aromatic N) is 4. The lowest BCUT2D eigenvalue weighted by atomic mass is 10.1. The first-order valence-electron chi connectivity index (χ1n) is 10.7. The number of carbonyl (C=O) groups excluding carboxylic acids is 1. The zero-order valence-electron chi connectivity index (χ0n) is 18.6. The van der Waals surface area contributed by atoms with Gasteiger partial charge in [0.1, 0.15) is 5.82 Å². The smallest absolute Gasteiger partial charge is 0.265 e. The lowest BCUT2D eigenvalue weighted by Gasteiger charge is -2.13. The van der Waals surface area contributed by atoms with E-state index in [0.29, 0.717) is 33.7 Å². The quantitative estimate of drug-likeness (QED) is 0.400. The van der Waals surface area contributed by atoms with Crippen LogP contribution in [0.15, 0.2) is 100 Å². The zero-order valence-corrected chi connectivity index (χ0v) is 19.4. The number of nitrogens with one attached hydrogen (secondary N) is 1. The van der Waals surface area contributed by atoms with E-state index in [-0.39, 0.29) is 11.5 Å². The first-order valence-corrected chi connectivity index (χ1v) is 11.5. The Hall–Kier alpha value is -4.17. The predicted octanol–water partition coefficient (Wildman–Crippen LogP) is 4.83. The zero-order chi connectivity index (χ0) is 23.7. The van der Waals surface area contributed by atoms with Gasteiger partial charge in [-0.15, -0.1) is 0 Å². The third kappa shape index (κ3) is 4.11. The molecule has 0 fully saturated rings. The molecule has 0 atom stereocenters. The number of imidazole rings is 1. The third-order valence-corrected chi connectivity index (χ3v) is 6.60. The van der Waals surface area contributed by atoms with Gasteiger partial charge >= 0.3 is 0 Å². The van der Waals surface area contributed by atoms with E-state index in [0.717, 1.165) is 10.1 Å². The molecular weight excluding hydrogens is 446 g/mol. The molecular formula is C26H21N5O2S. The fraction of sp³-hybridized carbons (Fsp3) is 0.0769. The summed E-state index contributed by atoms with van der Waals surface area (Å²) in [5.74, 6) is 0.348. The van der Waals surface area contributed by atoms with Crippen molar-refractivity contribution < 1.29 is 4.79 Å². The Morgan fingerprint density at radius 3 is 2.47 bits per heavy atom. The second-order valence-electron chi connectivity index (χ2n) is 7.74. The molecule has 8 heteroatoms. The monoisotopic (exact) mass is 467 g/mol. The van der Waals surface area contributed by atoms with Crippen LogP contribution in [0.1, 0.15) is 16.2 Å². The summed E-state index contributed by atoms with van der Waals surface area (Å²) in [5.41, 5.74) is 2.37. The van der Waals surface area contributed by atoms with Crippen molar-refractivity contribution in [3.05, 3.63) is 107 Å². The predicted molar refractivity (Wildman–Crippen MR) is 134 cm³/mol. The molecule has 0 radical (unpaired) electrons. The highest BCUT2D eigenvalue weighted by atomic mass is 32.2. The minimum absolute atomic E-state index is 0.138. The Labute approximate surface area is 200 Å². The summed E-state index contributed by atoms with van der Waals surface area (Å²) < 4.78 is 3.48. The molecule has 0 aliphatic heterocycles. The first kappa shape index (κ1) is 21.7. The summed E-state index contributed by atoms with van der Waals surface area (Å²) in [6.07, 6.45) is 3.62. The van der Waals surface area contributed by atoms with Gasteiger partial charge in [0.05, 0.1) is 22.3 Å². The van der Waals surface area contributed by atoms with Crippen molar-refractivity contribution in [3.8, 4) is 5.69 Å². The van der Waals surface area contributed by atoms with Crippen LogP contribution in [-0.2, 0) is 7.05 Å². The largest absolute Gasteiger partial charge is 0.329 e. The molecule has 0 saturated heterocycles. The molecule has 5 aromatic rings. The second-order valence-corrected chi connectivity index (χ2v) is 8.75. The summed E-state index contributed by atoms with van der Waals surface area (Å²) in [6.45, 7) is 1.80. The Balaban J connectivity index is 1.40. The summed E-state index contributed by atoms with van der Waals surface area (Å²) in [7, 11) is 1.93. The summed E-state index contributed by atoms with van der Waals surface area (Å²) in [4.78, 5) is 35.8. The van der Waals surface area contributed by atoms with Gasteiger partial charge in [0.15, 0.2) is 5.16 Å². The van der Waals surface area contributed by atoms with Gasteiger partial charge in [-0.25, -0.2) is 9.97 Å². The highest BCUT2D eigenvalue weighted by molar-refractivity contribution is 7.99. The summed E-state index contributed by atoms with van der Waals surface area (Å²) in [6, 6.07) is 21.8. The number of hydrogen-bond acceptors (Lipinski definition) is 5. The van der Waals surface area contributed by atoms with E-state index < -0.39 is 0 Å². The number of rotatable bonds is 5. The molecule has 0 aliphatic rings. The van der Waals surface area contributed by atoms with Crippen molar-refractivity contribution in [2.45, 2.75) is 17.0 Å². The maximum absolute atomic E-state index is 13.0. The lowest BCUT2D eigenvalue weighted by molar-refractivity contribution is 0.102. The van der Waals surface area contributed by atoms with E-state index in [1.807, 2.05) is 60.3 Å². The van der Waals surface area contributed by atoms with Crippen LogP contribution in [-0.4, -0.2) is 25.0 Å². The number of aromatic nitrogens is 4. The Morgan fingerprint density at radius 2 is 1.71 bits per heavy atom. The number of aryl methyl sites for hydroxylation is 2. The minimum Gasteiger partial charge on any atom is -0.329 e. The molecule has 3 aromatic carbocycles. The molecule has 0 aliphatic carbocycles. The molecule has 0 unspecified atom stereocenters. The molecule has 0 spiro atoms. The number of fused-ring (bicyclic) bond motifs is 1. The Morgan fingerprint density at radius 1 is 0.971 bits per heavy atom. The van der Waals surface area contributed by atoms with Gasteiger partial charge in [0.25, 0.3) is 11.5 Å². The van der Waals surface area contributed by atoms with E-state index in [9.17, 15) is 9.59 Å². The molecule has 2 heterocycles. The molecule has 1 amide bonds. The van der Waals surface area contributed by atoms with Crippen LogP contribution in [0.3, 0.4) is 0 Å². The minimum atomic E-state index is -0.236. The fourth-order valence-electron chi connectivity index (χ4n) is 3.71. The number of hydrogen-bond donors (Lipinski definition) is 1. The first-order chi connectivity index (χ1) is 16.5. The van der Waals surface area contributed by atoms with Gasteiger partial charge in [-0.2, -0.15) is 0 Å². The standard InChI is InChI=1S/C26H21N5O2S/c1-17-28-21-8-4-3-7-20(21)25(33)31(17)19-13-11-18(12-14-19)24(32)29-22-9-5-6-10-23(22)34-26-27-15-16-30(26)2/h3-16H,1-2H3,(H,29,32). The van der Waals surface area contributed by atoms with Crippen molar-refractivity contribution in [1.29, 1.82) is 0 Å². The number of carbonyl (C=O) groups is 1. The van der Waals surface area contributed by atoms with E-state index in [1.54, 1.807) is 48.0 Å². The van der Waals surface area contributed by atoms with Crippen LogP contribution in [0.4, 0.5) is 5.69 Å². The SMILES string of the molecule is Cc1nc2ccccc2c(=O)n1-c1ccc(C(=O)Nc2ccccc2Sc2nccn2C)cc1. The second kappa shape index (κ2) is 8.99. The van der Waals surface area contributed by atoms with Crippen molar-refractivity contribution in [2.24, 2.45) is 7.05 Å². The highest BCUT2D eigenvalue weighted by Crippen LogP contribution is 2.32. The van der Waals surface area contributed by atoms with Gasteiger partial charge in [0, 0.05) is 29.9 Å². The van der Waals surface area contributed by atoms with Crippen LogP contribution in [0.5, 0.6) is 0 Å². The molecule has 0 saturated carbocycles. The van der Waals surface area contributed by atoms with E-state index in [1.165, 1.54) is 11.8 Å². The van der Waals surface area contributed by atoms with Crippen molar-refractivity contribution in [1.82, 2.24) is 19.1 Å². The normalized spacial score (nSPS) is 11.0. The van der Waals surface area contributed by atoms with Gasteiger partial charge in [-0.3, -0.25) is 14.2 Å². The molecule has 5 rings (SSSR count). The average Bonchev–Trinajstić information content (AvgIpc) is 3.25. The Kier molecular flexibility index (Phi) is 5.73. The van der Waals surface area contributed by atoms with Crippen molar-refractivity contribution in [3.63, 3.8) is 0 Å².